The summed E-state index contributed by atoms with van der Waals surface area (Å²) in [5, 5.41) is 0. The van der Waals surface area contributed by atoms with E-state index in [1.165, 1.54) is 5.56 Å². The van der Waals surface area contributed by atoms with Crippen molar-refractivity contribution in [2.45, 2.75) is 13.0 Å². The van der Waals surface area contributed by atoms with Gasteiger partial charge in [0.05, 0.1) is 3.57 Å². The van der Waals surface area contributed by atoms with Gasteiger partial charge < -0.3 is 10.5 Å². The minimum absolute atomic E-state index is 0.0965. The Morgan fingerprint density at radius 1 is 1.17 bits per heavy atom. The number of benzene rings is 2. The molecule has 0 heterocycles. The normalized spacial score (nSPS) is 12.2. The summed E-state index contributed by atoms with van der Waals surface area (Å²) in [7, 11) is 0. The summed E-state index contributed by atoms with van der Waals surface area (Å²) in [5.74, 6) is 0.884. The molecule has 0 spiro atoms. The molecule has 2 aromatic rings. The Hall–Kier alpha value is -1.07. The Labute approximate surface area is 121 Å². The molecule has 2 nitrogen and oxygen atoms in total. The second-order valence-corrected chi connectivity index (χ2v) is 5.35. The van der Waals surface area contributed by atoms with Gasteiger partial charge >= 0.3 is 0 Å². The third-order valence-corrected chi connectivity index (χ3v) is 3.63. The van der Waals surface area contributed by atoms with E-state index in [2.05, 4.69) is 47.7 Å². The number of ether oxygens (including phenoxy) is 1. The van der Waals surface area contributed by atoms with Crippen LogP contribution in [0.15, 0.2) is 48.5 Å². The van der Waals surface area contributed by atoms with Crippen LogP contribution in [0.5, 0.6) is 5.75 Å². The number of halogens is 1. The van der Waals surface area contributed by atoms with Crippen molar-refractivity contribution in [1.82, 2.24) is 0 Å². The molecule has 2 rings (SSSR count). The number of hydrogen-bond acceptors (Lipinski definition) is 2. The van der Waals surface area contributed by atoms with Crippen LogP contribution in [0.1, 0.15) is 17.2 Å². The van der Waals surface area contributed by atoms with E-state index < -0.39 is 0 Å². The van der Waals surface area contributed by atoms with Gasteiger partial charge in [-0.2, -0.15) is 0 Å². The monoisotopic (exact) mass is 353 g/mol. The average Bonchev–Trinajstić information content (AvgIpc) is 2.38. The molecule has 2 N–H and O–H groups in total. The van der Waals surface area contributed by atoms with E-state index in [0.717, 1.165) is 14.9 Å². The van der Waals surface area contributed by atoms with Crippen LogP contribution in [0.4, 0.5) is 0 Å². The molecule has 0 aliphatic heterocycles. The van der Waals surface area contributed by atoms with Crippen LogP contribution in [-0.4, -0.2) is 6.54 Å². The molecule has 0 aromatic heterocycles. The van der Waals surface area contributed by atoms with Gasteiger partial charge in [-0.25, -0.2) is 0 Å². The maximum absolute atomic E-state index is 6.00. The predicted molar refractivity (Wildman–Crippen MR) is 82.8 cm³/mol. The molecule has 0 aliphatic carbocycles. The minimum Gasteiger partial charge on any atom is -0.483 e. The molecule has 3 heteroatoms. The van der Waals surface area contributed by atoms with Crippen LogP contribution >= 0.6 is 22.6 Å². The molecule has 0 saturated carbocycles. The highest BCUT2D eigenvalue weighted by Gasteiger charge is 2.12. The molecule has 1 unspecified atom stereocenters. The van der Waals surface area contributed by atoms with Gasteiger partial charge in [0.2, 0.25) is 0 Å². The quantitative estimate of drug-likeness (QED) is 0.852. The maximum atomic E-state index is 6.00. The lowest BCUT2D eigenvalue weighted by Gasteiger charge is -2.19. The number of hydrogen-bond donors (Lipinski definition) is 1. The zero-order valence-corrected chi connectivity index (χ0v) is 12.4. The van der Waals surface area contributed by atoms with Gasteiger partial charge in [-0.15, -0.1) is 0 Å². The van der Waals surface area contributed by atoms with Crippen molar-refractivity contribution in [3.05, 3.63) is 63.2 Å². The lowest BCUT2D eigenvalue weighted by Crippen LogP contribution is -2.18. The number of para-hydroxylation sites is 1. The highest BCUT2D eigenvalue weighted by Crippen LogP contribution is 2.26. The third-order valence-electron chi connectivity index (χ3n) is 2.73. The van der Waals surface area contributed by atoms with Gasteiger partial charge in [-0.3, -0.25) is 0 Å². The van der Waals surface area contributed by atoms with E-state index in [4.69, 9.17) is 10.5 Å². The number of nitrogens with two attached hydrogens (primary N) is 1. The Balaban J connectivity index is 2.23. The topological polar surface area (TPSA) is 35.2 Å². The Kier molecular flexibility index (Phi) is 4.60. The van der Waals surface area contributed by atoms with E-state index in [-0.39, 0.29) is 6.10 Å². The smallest absolute Gasteiger partial charge is 0.136 e. The molecule has 0 saturated heterocycles. The van der Waals surface area contributed by atoms with E-state index >= 15 is 0 Å². The summed E-state index contributed by atoms with van der Waals surface area (Å²) in [5.41, 5.74) is 8.17. The molecule has 0 amide bonds. The molecular formula is C15H16INO. The van der Waals surface area contributed by atoms with Crippen molar-refractivity contribution in [3.8, 4) is 5.75 Å². The third kappa shape index (κ3) is 3.23. The fraction of sp³-hybridized carbons (Fsp3) is 0.200. The Morgan fingerprint density at radius 2 is 1.94 bits per heavy atom. The van der Waals surface area contributed by atoms with Crippen molar-refractivity contribution < 1.29 is 4.74 Å². The largest absolute Gasteiger partial charge is 0.483 e. The average molecular weight is 353 g/mol. The first-order chi connectivity index (χ1) is 8.70. The summed E-state index contributed by atoms with van der Waals surface area (Å²) in [6.07, 6.45) is -0.0965. The molecule has 1 atom stereocenters. The van der Waals surface area contributed by atoms with E-state index in [9.17, 15) is 0 Å². The summed E-state index contributed by atoms with van der Waals surface area (Å²) in [6.45, 7) is 2.54. The zero-order chi connectivity index (χ0) is 13.0. The van der Waals surface area contributed by atoms with Crippen LogP contribution in [0.25, 0.3) is 0 Å². The zero-order valence-electron chi connectivity index (χ0n) is 10.3. The van der Waals surface area contributed by atoms with Crippen molar-refractivity contribution in [2.24, 2.45) is 5.73 Å². The Morgan fingerprint density at radius 3 is 2.61 bits per heavy atom. The van der Waals surface area contributed by atoms with Crippen LogP contribution in [0, 0.1) is 10.5 Å². The Bertz CT molecular complexity index is 527. The van der Waals surface area contributed by atoms with E-state index in [0.29, 0.717) is 6.54 Å². The van der Waals surface area contributed by atoms with Gasteiger partial charge in [-0.05, 0) is 47.2 Å². The van der Waals surface area contributed by atoms with Crippen molar-refractivity contribution in [3.63, 3.8) is 0 Å². The SMILES string of the molecule is Cc1cccc(C(CN)Oc2ccccc2I)c1. The van der Waals surface area contributed by atoms with Crippen molar-refractivity contribution in [1.29, 1.82) is 0 Å². The molecular weight excluding hydrogens is 337 g/mol. The highest BCUT2D eigenvalue weighted by atomic mass is 127. The van der Waals surface area contributed by atoms with E-state index in [1.54, 1.807) is 0 Å². The molecule has 0 bridgehead atoms. The first-order valence-corrected chi connectivity index (χ1v) is 6.96. The molecule has 0 fully saturated rings. The standard InChI is InChI=1S/C15H16INO/c1-11-5-4-6-12(9-11)15(10-17)18-14-8-3-2-7-13(14)16/h2-9,15H,10,17H2,1H3. The highest BCUT2D eigenvalue weighted by molar-refractivity contribution is 14.1. The maximum Gasteiger partial charge on any atom is 0.136 e. The minimum atomic E-state index is -0.0965. The molecule has 0 radical (unpaired) electrons. The van der Waals surface area contributed by atoms with Gasteiger partial charge in [0, 0.05) is 6.54 Å². The van der Waals surface area contributed by atoms with Gasteiger partial charge in [0.25, 0.3) is 0 Å². The number of aryl methyl sites for hydroxylation is 1. The van der Waals surface area contributed by atoms with Crippen LogP contribution in [-0.2, 0) is 0 Å². The second-order valence-electron chi connectivity index (χ2n) is 4.19. The summed E-state index contributed by atoms with van der Waals surface area (Å²) in [4.78, 5) is 0. The predicted octanol–water partition coefficient (Wildman–Crippen LogP) is 3.68. The first-order valence-electron chi connectivity index (χ1n) is 5.88. The van der Waals surface area contributed by atoms with Gasteiger partial charge in [0.15, 0.2) is 0 Å². The van der Waals surface area contributed by atoms with Crippen molar-refractivity contribution in [2.75, 3.05) is 6.54 Å². The molecule has 2 aromatic carbocycles. The first kappa shape index (κ1) is 13.4. The second kappa shape index (κ2) is 6.20. The van der Waals surface area contributed by atoms with Crippen LogP contribution < -0.4 is 10.5 Å². The van der Waals surface area contributed by atoms with Crippen LogP contribution in [0.2, 0.25) is 0 Å². The lowest BCUT2D eigenvalue weighted by atomic mass is 10.1. The van der Waals surface area contributed by atoms with Crippen LogP contribution in [0.3, 0.4) is 0 Å². The summed E-state index contributed by atoms with van der Waals surface area (Å²) >= 11 is 2.27. The fourth-order valence-corrected chi connectivity index (χ4v) is 2.33. The molecule has 94 valence electrons. The number of rotatable bonds is 4. The lowest BCUT2D eigenvalue weighted by molar-refractivity contribution is 0.212. The van der Waals surface area contributed by atoms with Gasteiger partial charge in [0.1, 0.15) is 11.9 Å². The van der Waals surface area contributed by atoms with Gasteiger partial charge in [-0.1, -0.05) is 42.0 Å². The summed E-state index contributed by atoms with van der Waals surface area (Å²) < 4.78 is 7.10. The molecule has 18 heavy (non-hydrogen) atoms. The van der Waals surface area contributed by atoms with Crippen molar-refractivity contribution >= 4 is 22.6 Å². The fourth-order valence-electron chi connectivity index (χ4n) is 1.82. The van der Waals surface area contributed by atoms with E-state index in [1.807, 2.05) is 30.3 Å². The summed E-state index contributed by atoms with van der Waals surface area (Å²) in [6, 6.07) is 16.3. The molecule has 0 aliphatic rings.